The van der Waals surface area contributed by atoms with Crippen LogP contribution in [0.1, 0.15) is 114 Å². The smallest absolute Gasteiger partial charge is 0.335 e. The number of hydrogen-bond acceptors (Lipinski definition) is 17. The van der Waals surface area contributed by atoms with E-state index in [2.05, 4.69) is 50.7 Å². The number of nitrogens with two attached hydrogens (primary N) is 1. The van der Waals surface area contributed by atoms with Crippen molar-refractivity contribution in [2.24, 2.45) is 35.3 Å². The lowest BCUT2D eigenvalue weighted by Crippen LogP contribution is -2.65. The Morgan fingerprint density at radius 3 is 1.90 bits per heavy atom. The summed E-state index contributed by atoms with van der Waals surface area (Å²) in [5.41, 5.74) is 5.52. The van der Waals surface area contributed by atoms with E-state index < -0.39 is 192 Å². The van der Waals surface area contributed by atoms with Crippen molar-refractivity contribution in [2.75, 3.05) is 19.6 Å². The second-order valence-electron chi connectivity index (χ2n) is 22.8. The van der Waals surface area contributed by atoms with Crippen LogP contribution < -0.4 is 58.9 Å². The number of carboxylic acid groups (broad SMARTS) is 4. The zero-order valence-electron chi connectivity index (χ0n) is 51.4. The average Bonchev–Trinajstić information content (AvgIpc) is 1.87. The van der Waals surface area contributed by atoms with Gasteiger partial charge in [-0.3, -0.25) is 67.1 Å². The first-order valence-electron chi connectivity index (χ1n) is 29.2. The van der Waals surface area contributed by atoms with Crippen molar-refractivity contribution < 1.29 is 97.5 Å². The van der Waals surface area contributed by atoms with Crippen LogP contribution in [0, 0.1) is 29.6 Å². The molecule has 17 N–H and O–H groups in total. The van der Waals surface area contributed by atoms with Crippen molar-refractivity contribution in [3.63, 3.8) is 0 Å². The third-order valence-electron chi connectivity index (χ3n) is 15.0. The predicted molar refractivity (Wildman–Crippen MR) is 314 cm³/mol. The van der Waals surface area contributed by atoms with E-state index in [0.29, 0.717) is 12.3 Å². The number of hydrogen-bond donors (Lipinski definition) is 16. The number of fused-ring (bicyclic) bond motifs is 1. The van der Waals surface area contributed by atoms with Gasteiger partial charge in [-0.15, -0.1) is 0 Å². The monoisotopic (exact) mass is 1260 g/mol. The highest BCUT2D eigenvalue weighted by atomic mass is 16.4. The van der Waals surface area contributed by atoms with Crippen LogP contribution in [0.15, 0.2) is 36.5 Å². The van der Waals surface area contributed by atoms with Crippen LogP contribution in [0.4, 0.5) is 0 Å². The molecule has 11 amide bonds. The molecular formula is C57H88N12O20. The van der Waals surface area contributed by atoms with Crippen molar-refractivity contribution in [1.29, 1.82) is 0 Å². The lowest BCUT2D eigenvalue weighted by Gasteiger charge is -2.33. The van der Waals surface area contributed by atoms with Gasteiger partial charge in [0, 0.05) is 12.6 Å². The van der Waals surface area contributed by atoms with Crippen LogP contribution in [0.2, 0.25) is 0 Å². The minimum Gasteiger partial charge on any atom is -0.481 e. The van der Waals surface area contributed by atoms with Crippen molar-refractivity contribution in [2.45, 2.75) is 180 Å². The molecule has 0 aromatic heterocycles. The molecule has 2 saturated heterocycles. The van der Waals surface area contributed by atoms with Gasteiger partial charge in [-0.2, -0.15) is 0 Å². The van der Waals surface area contributed by atoms with Gasteiger partial charge in [0.1, 0.15) is 54.4 Å². The Labute approximate surface area is 514 Å². The van der Waals surface area contributed by atoms with Crippen LogP contribution in [0.25, 0.3) is 0 Å². The SMILES string of the molecule is C=C(C)[C@H]1NC(=O)[C@@H](NC(=O)[C@@H](NC(=O)/C=C/C=C\CCC(C)CC)C(C)C(=O)O)C(C)NC(=O)[C@@H]2C[C@@H](C)CN2C(=O)[C@H](C(C)C)NC(=O)[C@@H](C(C)C(=O)O)NC(=O)CNC(=O)[C@H](CC(=O)O)NC(=O)[C@H](C(O)C(=O)O)NC(=O)[C@H](CCCCN)NC1=O. The Kier molecular flexibility index (Phi) is 31.3. The van der Waals surface area contributed by atoms with Gasteiger partial charge < -0.3 is 89.3 Å². The first kappa shape index (κ1) is 76.3. The minimum absolute atomic E-state index is 0.0377. The Balaban J connectivity index is 2.96. The topological polar surface area (TPSA) is 507 Å². The molecule has 15 atom stereocenters. The summed E-state index contributed by atoms with van der Waals surface area (Å²) >= 11 is 0. The fourth-order valence-corrected chi connectivity index (χ4v) is 9.27. The summed E-state index contributed by atoms with van der Waals surface area (Å²) in [6, 6.07) is -19.0. The molecule has 0 aliphatic carbocycles. The number of nitrogens with zero attached hydrogens (tertiary/aromatic N) is 1. The molecule has 2 rings (SSSR count). The molecule has 0 spiro atoms. The number of aliphatic hydroxyl groups is 1. The van der Waals surface area contributed by atoms with Gasteiger partial charge in [-0.25, -0.2) is 4.79 Å². The number of aliphatic carboxylic acids is 4. The van der Waals surface area contributed by atoms with Crippen LogP contribution in [0.5, 0.6) is 0 Å². The standard InChI is InChI=1S/C57H88N12O20/c1-11-28(6)18-14-12-13-15-20-36(70)63-41(30(8)55(84)85)51(80)67-43-32(10)60-48(77)35-22-29(7)25-69(35)54(83)40(27(4)5)66-50(79)42(31(9)56(86)87)64-37(71)24-59-46(75)34(23-38(72)73)62-53(82)44(45(74)57(88)89)68-47(76)33(19-16-17-21-58)61-49(78)39(26(2)3)65-52(43)81/h12-13,15,20,27-35,39-45,74H,2,11,14,16-19,21-25,58H2,1,3-10H3,(H,59,75)(H,60,77)(H,61,78)(H,62,82)(H,63,70)(H,64,71)(H,65,81)(H,66,79)(H,67,80)(H,68,76)(H,72,73)(H,84,85)(H,86,87)(H,88,89)/b13-12-,20-15+/t28?,29-,30?,31?,32?,33+,34+,35+,39-,40+,41+,42-,43+,44+,45?/m1/s1. The second-order valence-corrected chi connectivity index (χ2v) is 22.8. The Morgan fingerprint density at radius 2 is 1.34 bits per heavy atom. The van der Waals surface area contributed by atoms with E-state index in [4.69, 9.17) is 5.73 Å². The maximum absolute atomic E-state index is 14.8. The highest BCUT2D eigenvalue weighted by molar-refractivity contribution is 6.02. The molecule has 2 aliphatic heterocycles. The fraction of sp³-hybridized carbons (Fsp3) is 0.632. The van der Waals surface area contributed by atoms with Crippen molar-refractivity contribution in [1.82, 2.24) is 58.1 Å². The molecule has 89 heavy (non-hydrogen) atoms. The minimum atomic E-state index is -2.85. The van der Waals surface area contributed by atoms with Crippen molar-refractivity contribution >= 4 is 88.9 Å². The summed E-state index contributed by atoms with van der Waals surface area (Å²) in [7, 11) is 0. The number of carboxylic acids is 4. The van der Waals surface area contributed by atoms with E-state index in [9.17, 15) is 97.5 Å². The number of carbonyl (C=O) groups excluding carboxylic acids is 11. The maximum Gasteiger partial charge on any atom is 0.335 e. The molecule has 2 fully saturated rings. The molecule has 32 heteroatoms. The average molecular weight is 1260 g/mol. The molecule has 496 valence electrons. The Morgan fingerprint density at radius 1 is 0.719 bits per heavy atom. The summed E-state index contributed by atoms with van der Waals surface area (Å²) in [5.74, 6) is -25.0. The molecule has 0 bridgehead atoms. The number of amides is 11. The first-order chi connectivity index (χ1) is 41.6. The molecule has 0 saturated carbocycles. The van der Waals surface area contributed by atoms with Gasteiger partial charge >= 0.3 is 23.9 Å². The third kappa shape index (κ3) is 24.0. The van der Waals surface area contributed by atoms with E-state index >= 15 is 0 Å². The molecule has 32 nitrogen and oxygen atoms in total. The van der Waals surface area contributed by atoms with Gasteiger partial charge in [0.05, 0.1) is 30.8 Å². The zero-order chi connectivity index (χ0) is 67.7. The zero-order valence-corrected chi connectivity index (χ0v) is 51.4. The highest BCUT2D eigenvalue weighted by Gasteiger charge is 2.45. The van der Waals surface area contributed by atoms with Gasteiger partial charge in [-0.1, -0.05) is 65.8 Å². The lowest BCUT2D eigenvalue weighted by atomic mass is 9.97. The lowest BCUT2D eigenvalue weighted by molar-refractivity contribution is -0.153. The largest absolute Gasteiger partial charge is 0.481 e. The van der Waals surface area contributed by atoms with Crippen LogP contribution in [-0.4, -0.2) is 205 Å². The number of allylic oxidation sites excluding steroid dienone is 3. The molecule has 0 aromatic rings. The normalized spacial score (nSPS) is 26.0. The summed E-state index contributed by atoms with van der Waals surface area (Å²) in [6.07, 6.45) is 3.99. The van der Waals surface area contributed by atoms with Gasteiger partial charge in [0.25, 0.3) is 0 Å². The van der Waals surface area contributed by atoms with E-state index in [1.165, 1.54) is 33.8 Å². The molecule has 0 radical (unpaired) electrons. The number of rotatable bonds is 23. The second kappa shape index (κ2) is 36.5. The molecule has 2 aliphatic rings. The number of unbranched alkanes of at least 4 members (excludes halogenated alkanes) is 1. The number of nitrogens with one attached hydrogen (secondary N) is 10. The third-order valence-corrected chi connectivity index (χ3v) is 15.0. The van der Waals surface area contributed by atoms with E-state index in [0.717, 1.165) is 37.7 Å². The van der Waals surface area contributed by atoms with Crippen molar-refractivity contribution in [3.8, 4) is 0 Å². The van der Waals surface area contributed by atoms with Gasteiger partial charge in [0.2, 0.25) is 65.0 Å². The fourth-order valence-electron chi connectivity index (χ4n) is 9.27. The van der Waals surface area contributed by atoms with Crippen LogP contribution >= 0.6 is 0 Å². The summed E-state index contributed by atoms with van der Waals surface area (Å²) in [5, 5.41) is 72.9. The maximum atomic E-state index is 14.8. The molecule has 2 heterocycles. The molecular weight excluding hydrogens is 1170 g/mol. The Hall–Kier alpha value is -8.81. The van der Waals surface area contributed by atoms with Crippen LogP contribution in [0.3, 0.4) is 0 Å². The highest BCUT2D eigenvalue weighted by Crippen LogP contribution is 2.26. The van der Waals surface area contributed by atoms with Gasteiger partial charge in [0.15, 0.2) is 6.10 Å². The summed E-state index contributed by atoms with van der Waals surface area (Å²) < 4.78 is 0. The van der Waals surface area contributed by atoms with Crippen LogP contribution in [-0.2, 0) is 71.9 Å². The predicted octanol–water partition coefficient (Wildman–Crippen LogP) is -3.60. The summed E-state index contributed by atoms with van der Waals surface area (Å²) in [4.78, 5) is 205. The van der Waals surface area contributed by atoms with Crippen molar-refractivity contribution in [3.05, 3.63) is 36.5 Å². The van der Waals surface area contributed by atoms with E-state index in [-0.39, 0.29) is 44.3 Å². The quantitative estimate of drug-likeness (QED) is 0.0203. The number of carbonyl (C=O) groups is 15. The summed E-state index contributed by atoms with van der Waals surface area (Å²) in [6.45, 7) is 15.9. The number of aliphatic hydroxyl groups excluding tert-OH is 1. The molecule has 0 aromatic carbocycles. The van der Waals surface area contributed by atoms with E-state index in [1.807, 2.05) is 22.9 Å². The first-order valence-corrected chi connectivity index (χ1v) is 29.2. The molecule has 5 unspecified atom stereocenters. The van der Waals surface area contributed by atoms with E-state index in [1.54, 1.807) is 19.1 Å². The van der Waals surface area contributed by atoms with Gasteiger partial charge in [-0.05, 0) is 96.1 Å². The Bertz CT molecular complexity index is 2700.